The smallest absolute Gasteiger partial charge is 0.322 e. The summed E-state index contributed by atoms with van der Waals surface area (Å²) < 4.78 is 6.21. The average molecular weight is 405 g/mol. The van der Waals surface area contributed by atoms with Crippen LogP contribution in [0.1, 0.15) is 26.3 Å². The van der Waals surface area contributed by atoms with E-state index < -0.39 is 29.5 Å². The number of carboxylic acids is 1. The number of rotatable bonds is 5. The van der Waals surface area contributed by atoms with Gasteiger partial charge in [-0.1, -0.05) is 12.1 Å². The molecule has 3 N–H and O–H groups in total. The van der Waals surface area contributed by atoms with E-state index in [0.717, 1.165) is 9.13 Å². The molecule has 0 amide bonds. The van der Waals surface area contributed by atoms with Crippen LogP contribution in [0.4, 0.5) is 0 Å². The molecule has 0 heterocycles. The molecule has 0 fully saturated rings. The topological polar surface area (TPSA) is 89.6 Å². The minimum absolute atomic E-state index is 0.299. The SMILES string of the molecule is CC(C)(C)OC(=O)[C@@H](C(=O)O)[C@@H](N)Cc1ccc(I)cc1. The van der Waals surface area contributed by atoms with Crippen LogP contribution in [0.2, 0.25) is 0 Å². The second kappa shape index (κ2) is 7.22. The standard InChI is InChI=1S/C15H20INO4/c1-15(2,3)21-14(20)12(13(18)19)11(17)8-9-4-6-10(16)7-5-9/h4-7,11-12H,8,17H2,1-3H3,(H,18,19)/t11-,12+/m0/s1. The maximum absolute atomic E-state index is 12.0. The van der Waals surface area contributed by atoms with Crippen LogP contribution in [-0.2, 0) is 20.7 Å². The van der Waals surface area contributed by atoms with E-state index in [9.17, 15) is 14.7 Å². The van der Waals surface area contributed by atoms with Crippen LogP contribution in [0.3, 0.4) is 0 Å². The summed E-state index contributed by atoms with van der Waals surface area (Å²) in [4.78, 5) is 23.3. The minimum atomic E-state index is -1.37. The molecule has 2 atom stereocenters. The molecule has 1 aromatic rings. The van der Waals surface area contributed by atoms with Gasteiger partial charge in [0, 0.05) is 9.61 Å². The second-order valence-corrected chi connectivity index (χ2v) is 7.09. The highest BCUT2D eigenvalue weighted by Crippen LogP contribution is 2.17. The van der Waals surface area contributed by atoms with E-state index in [0.29, 0.717) is 6.42 Å². The summed E-state index contributed by atoms with van der Waals surface area (Å²) in [6.45, 7) is 5.07. The Hall–Kier alpha value is -1.15. The van der Waals surface area contributed by atoms with Gasteiger partial charge >= 0.3 is 11.9 Å². The van der Waals surface area contributed by atoms with E-state index in [-0.39, 0.29) is 0 Å². The quantitative estimate of drug-likeness (QED) is 0.446. The van der Waals surface area contributed by atoms with E-state index >= 15 is 0 Å². The van der Waals surface area contributed by atoms with Crippen molar-refractivity contribution in [1.29, 1.82) is 0 Å². The monoisotopic (exact) mass is 405 g/mol. The molecule has 0 spiro atoms. The Labute approximate surface area is 138 Å². The molecule has 0 radical (unpaired) electrons. The number of nitrogens with two attached hydrogens (primary N) is 1. The van der Waals surface area contributed by atoms with E-state index in [1.165, 1.54) is 0 Å². The van der Waals surface area contributed by atoms with Crippen LogP contribution in [0.15, 0.2) is 24.3 Å². The third-order valence-electron chi connectivity index (χ3n) is 2.74. The Morgan fingerprint density at radius 2 is 1.81 bits per heavy atom. The van der Waals surface area contributed by atoms with Gasteiger partial charge in [-0.2, -0.15) is 0 Å². The van der Waals surface area contributed by atoms with Crippen LogP contribution in [0.5, 0.6) is 0 Å². The molecule has 0 saturated heterocycles. The number of benzene rings is 1. The van der Waals surface area contributed by atoms with E-state index in [4.69, 9.17) is 10.5 Å². The molecular formula is C15H20INO4. The normalized spacial score (nSPS) is 14.3. The highest BCUT2D eigenvalue weighted by Gasteiger charge is 2.36. The molecule has 1 rings (SSSR count). The number of hydrogen-bond acceptors (Lipinski definition) is 4. The first-order valence-electron chi connectivity index (χ1n) is 6.56. The van der Waals surface area contributed by atoms with Gasteiger partial charge in [-0.05, 0) is 67.5 Å². The van der Waals surface area contributed by atoms with Gasteiger partial charge in [0.15, 0.2) is 5.92 Å². The van der Waals surface area contributed by atoms with Crippen molar-refractivity contribution in [2.45, 2.75) is 38.8 Å². The van der Waals surface area contributed by atoms with Gasteiger partial charge in [0.05, 0.1) is 0 Å². The zero-order valence-electron chi connectivity index (χ0n) is 12.3. The highest BCUT2D eigenvalue weighted by atomic mass is 127. The van der Waals surface area contributed by atoms with Crippen molar-refractivity contribution in [3.63, 3.8) is 0 Å². The molecule has 0 bridgehead atoms. The molecule has 0 aliphatic heterocycles. The Balaban J connectivity index is 2.82. The third-order valence-corrected chi connectivity index (χ3v) is 3.46. The molecule has 1 aromatic carbocycles. The van der Waals surface area contributed by atoms with Crippen molar-refractivity contribution in [3.05, 3.63) is 33.4 Å². The predicted octanol–water partition coefficient (Wildman–Crippen LogP) is 2.20. The van der Waals surface area contributed by atoms with Gasteiger partial charge in [0.2, 0.25) is 0 Å². The summed E-state index contributed by atoms with van der Waals surface area (Å²) in [7, 11) is 0. The molecule has 116 valence electrons. The fraction of sp³-hybridized carbons (Fsp3) is 0.467. The first-order chi connectivity index (χ1) is 9.60. The van der Waals surface area contributed by atoms with Crippen LogP contribution in [0, 0.1) is 9.49 Å². The van der Waals surface area contributed by atoms with E-state index in [1.807, 2.05) is 24.3 Å². The third kappa shape index (κ3) is 6.01. The highest BCUT2D eigenvalue weighted by molar-refractivity contribution is 14.1. The van der Waals surface area contributed by atoms with Crippen molar-refractivity contribution in [2.75, 3.05) is 0 Å². The Morgan fingerprint density at radius 1 is 1.29 bits per heavy atom. The van der Waals surface area contributed by atoms with Crippen LogP contribution in [0.25, 0.3) is 0 Å². The lowest BCUT2D eigenvalue weighted by Gasteiger charge is -2.25. The Bertz CT molecular complexity index is 507. The zero-order valence-corrected chi connectivity index (χ0v) is 14.5. The lowest BCUT2D eigenvalue weighted by molar-refractivity contribution is -0.167. The summed E-state index contributed by atoms with van der Waals surface area (Å²) in [6.07, 6.45) is 0.299. The zero-order chi connectivity index (χ0) is 16.2. The van der Waals surface area contributed by atoms with Crippen molar-refractivity contribution in [2.24, 2.45) is 11.7 Å². The summed E-state index contributed by atoms with van der Waals surface area (Å²) >= 11 is 2.18. The maximum atomic E-state index is 12.0. The summed E-state index contributed by atoms with van der Waals surface area (Å²) in [5.74, 6) is -3.43. The molecule has 0 aromatic heterocycles. The fourth-order valence-corrected chi connectivity index (χ4v) is 2.19. The summed E-state index contributed by atoms with van der Waals surface area (Å²) in [5, 5.41) is 9.25. The number of esters is 1. The molecular weight excluding hydrogens is 385 g/mol. The molecule has 0 unspecified atom stereocenters. The van der Waals surface area contributed by atoms with Gasteiger partial charge in [-0.3, -0.25) is 9.59 Å². The van der Waals surface area contributed by atoms with Gasteiger partial charge < -0.3 is 15.6 Å². The largest absolute Gasteiger partial charge is 0.481 e. The van der Waals surface area contributed by atoms with E-state index in [2.05, 4.69) is 22.6 Å². The van der Waals surface area contributed by atoms with Gasteiger partial charge in [0.1, 0.15) is 5.60 Å². The lowest BCUT2D eigenvalue weighted by Crippen LogP contribution is -2.45. The van der Waals surface area contributed by atoms with Crippen molar-refractivity contribution in [3.8, 4) is 0 Å². The Morgan fingerprint density at radius 3 is 2.24 bits per heavy atom. The average Bonchev–Trinajstić information content (AvgIpc) is 2.29. The fourth-order valence-electron chi connectivity index (χ4n) is 1.83. The molecule has 0 saturated carbocycles. The van der Waals surface area contributed by atoms with Gasteiger partial charge in [-0.25, -0.2) is 0 Å². The molecule has 21 heavy (non-hydrogen) atoms. The number of halogens is 1. The number of hydrogen-bond donors (Lipinski definition) is 2. The minimum Gasteiger partial charge on any atom is -0.481 e. The molecule has 0 aliphatic rings. The lowest BCUT2D eigenvalue weighted by atomic mass is 9.94. The Kier molecular flexibility index (Phi) is 6.15. The van der Waals surface area contributed by atoms with Crippen LogP contribution >= 0.6 is 22.6 Å². The predicted molar refractivity (Wildman–Crippen MR) is 87.8 cm³/mol. The van der Waals surface area contributed by atoms with Gasteiger partial charge in [-0.15, -0.1) is 0 Å². The van der Waals surface area contributed by atoms with Crippen LogP contribution in [-0.4, -0.2) is 28.7 Å². The number of aliphatic carboxylic acids is 1. The molecule has 6 heteroatoms. The number of carbonyl (C=O) groups excluding carboxylic acids is 1. The summed E-state index contributed by atoms with van der Waals surface area (Å²) in [6, 6.07) is 6.72. The van der Waals surface area contributed by atoms with E-state index in [1.54, 1.807) is 20.8 Å². The second-order valence-electron chi connectivity index (χ2n) is 5.84. The maximum Gasteiger partial charge on any atom is 0.322 e. The number of ether oxygens (including phenoxy) is 1. The number of carbonyl (C=O) groups is 2. The van der Waals surface area contributed by atoms with Crippen molar-refractivity contribution < 1.29 is 19.4 Å². The molecule has 5 nitrogen and oxygen atoms in total. The number of carboxylic acid groups (broad SMARTS) is 1. The van der Waals surface area contributed by atoms with Crippen LogP contribution < -0.4 is 5.73 Å². The van der Waals surface area contributed by atoms with Gasteiger partial charge in [0.25, 0.3) is 0 Å². The first kappa shape index (κ1) is 17.9. The van der Waals surface area contributed by atoms with Crippen molar-refractivity contribution in [1.82, 2.24) is 0 Å². The first-order valence-corrected chi connectivity index (χ1v) is 7.64. The molecule has 0 aliphatic carbocycles. The summed E-state index contributed by atoms with van der Waals surface area (Å²) in [5.41, 5.74) is 6.07. The van der Waals surface area contributed by atoms with Crippen molar-refractivity contribution >= 4 is 34.5 Å².